The third-order valence-electron chi connectivity index (χ3n) is 7.52. The molecule has 0 radical (unpaired) electrons. The van der Waals surface area contributed by atoms with Crippen molar-refractivity contribution in [2.75, 3.05) is 18.0 Å². The van der Waals surface area contributed by atoms with Crippen molar-refractivity contribution < 1.29 is 24.5 Å². The van der Waals surface area contributed by atoms with Crippen LogP contribution in [0.3, 0.4) is 0 Å². The normalized spacial score (nSPS) is 14.1. The molecule has 0 atom stereocenters. The van der Waals surface area contributed by atoms with E-state index in [4.69, 9.17) is 0 Å². The summed E-state index contributed by atoms with van der Waals surface area (Å²) >= 11 is 1.52. The van der Waals surface area contributed by atoms with Gasteiger partial charge in [0.15, 0.2) is 12.3 Å². The lowest BCUT2D eigenvalue weighted by molar-refractivity contribution is -0.659. The number of anilines is 1. The third-order valence-corrected chi connectivity index (χ3v) is 8.63. The summed E-state index contributed by atoms with van der Waals surface area (Å²) < 4.78 is 3.09. The van der Waals surface area contributed by atoms with Crippen LogP contribution in [0.5, 0.6) is 0 Å². The zero-order valence-corrected chi connectivity index (χ0v) is 24.4. The first-order valence-corrected chi connectivity index (χ1v) is 15.1. The Morgan fingerprint density at radius 3 is 2.32 bits per heavy atom. The van der Waals surface area contributed by atoms with Gasteiger partial charge in [-0.15, -0.1) is 0 Å². The number of para-hydroxylation sites is 1. The van der Waals surface area contributed by atoms with Crippen LogP contribution < -0.4 is 20.0 Å². The minimum Gasteiger partial charge on any atom is -0.871 e. The maximum absolute atomic E-state index is 13.3. The molecule has 210 valence electrons. The van der Waals surface area contributed by atoms with Gasteiger partial charge in [0.25, 0.3) is 5.01 Å². The summed E-state index contributed by atoms with van der Waals surface area (Å²) in [7, 11) is -1.55. The van der Waals surface area contributed by atoms with Crippen LogP contribution in [-0.4, -0.2) is 36.0 Å². The molecule has 0 aliphatic heterocycles. The molecule has 1 aliphatic rings. The minimum atomic E-state index is -1.55. The van der Waals surface area contributed by atoms with Crippen molar-refractivity contribution in [3.8, 4) is 0 Å². The molecule has 1 aromatic heterocycles. The minimum absolute atomic E-state index is 0.191. The number of fused-ring (bicyclic) bond motifs is 1. The zero-order valence-electron chi connectivity index (χ0n) is 23.5. The Labute approximate surface area is 245 Å². The number of aromatic nitrogens is 1. The third kappa shape index (κ3) is 6.15. The molecule has 3 aromatic carbocycles. The summed E-state index contributed by atoms with van der Waals surface area (Å²) in [6, 6.07) is 22.9. The number of nitrogens with zero attached hydrogens (tertiary/aromatic N) is 2. The van der Waals surface area contributed by atoms with Gasteiger partial charge >= 0.3 is 7.12 Å². The molecule has 41 heavy (non-hydrogen) atoms. The van der Waals surface area contributed by atoms with Crippen LogP contribution in [0.1, 0.15) is 55.7 Å². The summed E-state index contributed by atoms with van der Waals surface area (Å²) in [6.07, 6.45) is 6.22. The molecule has 0 spiro atoms. The van der Waals surface area contributed by atoms with Crippen molar-refractivity contribution in [3.63, 3.8) is 0 Å². The number of carbonyl (C=O) groups excluding carboxylic acids is 1. The van der Waals surface area contributed by atoms with Gasteiger partial charge in [0.1, 0.15) is 4.70 Å². The van der Waals surface area contributed by atoms with Crippen molar-refractivity contribution in [2.45, 2.75) is 46.1 Å². The van der Waals surface area contributed by atoms with E-state index in [1.807, 2.05) is 54.6 Å². The Morgan fingerprint density at radius 2 is 1.66 bits per heavy atom. The number of Topliss-reactive ketones (excluding diaryl/α,β-unsaturated/α-hetero) is 1. The summed E-state index contributed by atoms with van der Waals surface area (Å²) in [5, 5.41) is 33.3. The van der Waals surface area contributed by atoms with Crippen molar-refractivity contribution >= 4 is 57.3 Å². The number of hydrogen-bond donors (Lipinski definition) is 2. The summed E-state index contributed by atoms with van der Waals surface area (Å²) in [4.78, 5) is 15.7. The molecule has 0 amide bonds. The van der Waals surface area contributed by atoms with Crippen molar-refractivity contribution in [1.82, 2.24) is 0 Å². The van der Waals surface area contributed by atoms with Crippen molar-refractivity contribution in [2.24, 2.45) is 0 Å². The molecule has 1 aliphatic carbocycles. The van der Waals surface area contributed by atoms with E-state index in [1.165, 1.54) is 11.3 Å². The Kier molecular flexibility index (Phi) is 9.03. The molecule has 1 heterocycles. The standard InChI is InChI=1S/C33H35BN2O4S/c1-3-5-18-35(19-6-4-2)26-16-14-24(15-17-26)31-32(37)27(33(31)38)21-30-36(28-12-7-8-13-29(28)41-30)22-23-10-9-11-25(20-23)34(39)40/h7-17,20-21,39-40H,3-6,18-19,22H2,1-2H3. The van der Waals surface area contributed by atoms with E-state index in [1.54, 1.807) is 24.3 Å². The average molecular weight is 567 g/mol. The monoisotopic (exact) mass is 566 g/mol. The number of thiazole rings is 1. The van der Waals surface area contributed by atoms with Crippen molar-refractivity contribution in [3.05, 3.63) is 100 Å². The van der Waals surface area contributed by atoms with Crippen LogP contribution in [0.4, 0.5) is 5.69 Å². The summed E-state index contributed by atoms with van der Waals surface area (Å²) in [5.41, 5.74) is 4.50. The van der Waals surface area contributed by atoms with E-state index < -0.39 is 7.12 Å². The molecule has 6 nitrogen and oxygen atoms in total. The maximum Gasteiger partial charge on any atom is 0.488 e. The van der Waals surface area contributed by atoms with Gasteiger partial charge in [-0.25, -0.2) is 0 Å². The number of rotatable bonds is 12. The maximum atomic E-state index is 13.3. The Morgan fingerprint density at radius 1 is 0.951 bits per heavy atom. The first kappa shape index (κ1) is 28.8. The Bertz CT molecular complexity index is 1600. The fraction of sp³-hybridized carbons (Fsp3) is 0.273. The lowest BCUT2D eigenvalue weighted by Gasteiger charge is -2.31. The first-order chi connectivity index (χ1) is 19.9. The van der Waals surface area contributed by atoms with Gasteiger partial charge in [0, 0.05) is 47.6 Å². The number of hydrogen-bond acceptors (Lipinski definition) is 6. The summed E-state index contributed by atoms with van der Waals surface area (Å²) in [5.74, 6) is -0.461. The second-order valence-electron chi connectivity index (χ2n) is 10.4. The number of ketones is 1. The fourth-order valence-electron chi connectivity index (χ4n) is 5.19. The molecule has 0 bridgehead atoms. The first-order valence-electron chi connectivity index (χ1n) is 14.3. The number of benzene rings is 3. The van der Waals surface area contributed by atoms with Crippen LogP contribution in [0.2, 0.25) is 0 Å². The van der Waals surface area contributed by atoms with E-state index in [0.29, 0.717) is 17.6 Å². The van der Waals surface area contributed by atoms with E-state index in [9.17, 15) is 19.9 Å². The molecule has 4 aromatic rings. The van der Waals surface area contributed by atoms with Gasteiger partial charge in [-0.2, -0.15) is 4.57 Å². The lowest BCUT2D eigenvalue weighted by atomic mass is 9.79. The second kappa shape index (κ2) is 12.9. The van der Waals surface area contributed by atoms with Crippen molar-refractivity contribution in [1.29, 1.82) is 0 Å². The Hall–Kier alpha value is -3.72. The predicted molar refractivity (Wildman–Crippen MR) is 166 cm³/mol. The number of carbonyl (C=O) groups is 1. The smallest absolute Gasteiger partial charge is 0.488 e. The van der Waals surface area contributed by atoms with Crippen LogP contribution in [0.25, 0.3) is 21.9 Å². The van der Waals surface area contributed by atoms with E-state index in [-0.39, 0.29) is 22.7 Å². The van der Waals surface area contributed by atoms with E-state index >= 15 is 0 Å². The van der Waals surface area contributed by atoms with Crippen LogP contribution in [0, 0.1) is 0 Å². The number of allylic oxidation sites excluding steroid dienone is 2. The second-order valence-corrected chi connectivity index (χ2v) is 11.5. The zero-order chi connectivity index (χ0) is 28.9. The van der Waals surface area contributed by atoms with E-state index in [2.05, 4.69) is 23.3 Å². The van der Waals surface area contributed by atoms with Crippen LogP contribution in [-0.2, 0) is 11.3 Å². The van der Waals surface area contributed by atoms with E-state index in [0.717, 1.165) is 65.2 Å². The summed E-state index contributed by atoms with van der Waals surface area (Å²) in [6.45, 7) is 6.83. The Balaban J connectivity index is 1.44. The van der Waals surface area contributed by atoms with Gasteiger partial charge in [0.2, 0.25) is 5.52 Å². The highest BCUT2D eigenvalue weighted by Gasteiger charge is 2.31. The van der Waals surface area contributed by atoms with Gasteiger partial charge < -0.3 is 20.1 Å². The predicted octanol–water partition coefficient (Wildman–Crippen LogP) is 4.06. The molecule has 0 saturated heterocycles. The molecule has 8 heteroatoms. The SMILES string of the molecule is CCCCN(CCCC)c1ccc(C2=C([O-])C(=Cc3sc4ccccc4[n+]3Cc3cccc(B(O)O)c3)C2=O)cc1. The lowest BCUT2D eigenvalue weighted by Crippen LogP contribution is -2.37. The molecule has 5 rings (SSSR count). The highest BCUT2D eigenvalue weighted by Crippen LogP contribution is 2.37. The highest BCUT2D eigenvalue weighted by atomic mass is 32.1. The van der Waals surface area contributed by atoms with Crippen LogP contribution >= 0.6 is 11.3 Å². The van der Waals surface area contributed by atoms with Gasteiger partial charge in [-0.05, 0) is 42.1 Å². The highest BCUT2D eigenvalue weighted by molar-refractivity contribution is 7.18. The fourth-order valence-corrected chi connectivity index (χ4v) is 6.30. The molecule has 2 N–H and O–H groups in total. The molecule has 0 fully saturated rings. The molecule has 0 saturated carbocycles. The molecular weight excluding hydrogens is 531 g/mol. The van der Waals surface area contributed by atoms with Gasteiger partial charge in [0.05, 0.1) is 0 Å². The topological polar surface area (TPSA) is 87.7 Å². The average Bonchev–Trinajstić information content (AvgIpc) is 3.33. The van der Waals surface area contributed by atoms with Crippen LogP contribution in [0.15, 0.2) is 84.1 Å². The quantitative estimate of drug-likeness (QED) is 0.154. The molecule has 0 unspecified atom stereocenters. The number of unbranched alkanes of at least 4 members (excludes halogenated alkanes) is 2. The van der Waals surface area contributed by atoms with Gasteiger partial charge in [-0.3, -0.25) is 4.79 Å². The largest absolute Gasteiger partial charge is 0.871 e. The molecular formula is C33H35BN2O4S. The van der Waals surface area contributed by atoms with Gasteiger partial charge in [-0.1, -0.05) is 92.3 Å².